The third-order valence-electron chi connectivity index (χ3n) is 3.46. The van der Waals surface area contributed by atoms with Crippen molar-refractivity contribution in [3.8, 4) is 0 Å². The van der Waals surface area contributed by atoms with E-state index in [-0.39, 0.29) is 0 Å². The number of rotatable bonds is 7. The van der Waals surface area contributed by atoms with Gasteiger partial charge in [0.05, 0.1) is 4.90 Å². The monoisotopic (exact) mass is 342 g/mol. The van der Waals surface area contributed by atoms with E-state index in [1.54, 1.807) is 36.4 Å². The molecule has 0 aromatic heterocycles. The first-order valence-corrected chi connectivity index (χ1v) is 9.35. The maximum atomic E-state index is 13.3. The van der Waals surface area contributed by atoms with Crippen molar-refractivity contribution in [2.45, 2.75) is 24.7 Å². The molecule has 0 saturated heterocycles. The van der Waals surface area contributed by atoms with E-state index in [1.807, 2.05) is 31.2 Å². The van der Waals surface area contributed by atoms with Crippen LogP contribution in [-0.4, -0.2) is 16.7 Å². The molecule has 1 atom stereocenters. The van der Waals surface area contributed by atoms with Crippen LogP contribution in [0.25, 0.3) is 0 Å². The van der Waals surface area contributed by atoms with E-state index in [0.29, 0.717) is 17.0 Å². The van der Waals surface area contributed by atoms with Crippen LogP contribution in [0.4, 0.5) is 0 Å². The van der Waals surface area contributed by atoms with Gasteiger partial charge in [0.15, 0.2) is 0 Å². The summed E-state index contributed by atoms with van der Waals surface area (Å²) in [4.78, 5) is 12.9. The summed E-state index contributed by atoms with van der Waals surface area (Å²) in [6, 6.07) is 15.9. The molecule has 1 N–H and O–H groups in total. The second-order valence-corrected chi connectivity index (χ2v) is 7.42. The summed E-state index contributed by atoms with van der Waals surface area (Å²) < 4.78 is 20.3. The predicted molar refractivity (Wildman–Crippen MR) is 98.2 cm³/mol. The minimum Gasteiger partial charge on any atom is -0.266 e. The van der Waals surface area contributed by atoms with Gasteiger partial charge in [0, 0.05) is 12.1 Å². The van der Waals surface area contributed by atoms with Crippen LogP contribution in [0.1, 0.15) is 28.8 Å². The van der Waals surface area contributed by atoms with Gasteiger partial charge in [0.25, 0.3) is 5.91 Å². The van der Waals surface area contributed by atoms with Crippen LogP contribution < -0.4 is 4.72 Å². The van der Waals surface area contributed by atoms with Crippen molar-refractivity contribution in [2.24, 2.45) is 4.36 Å². The first kappa shape index (κ1) is 18.1. The van der Waals surface area contributed by atoms with Crippen molar-refractivity contribution >= 4 is 15.8 Å². The predicted octanol–water partition coefficient (Wildman–Crippen LogP) is 4.13. The van der Waals surface area contributed by atoms with Gasteiger partial charge < -0.3 is 0 Å². The fraction of sp³-hybridized carbons (Fsp3) is 0.211. The van der Waals surface area contributed by atoms with E-state index in [0.717, 1.165) is 18.4 Å². The zero-order valence-electron chi connectivity index (χ0n) is 13.8. The highest BCUT2D eigenvalue weighted by Gasteiger charge is 2.15. The lowest BCUT2D eigenvalue weighted by Gasteiger charge is -2.12. The maximum Gasteiger partial charge on any atom is 0.286 e. The molecule has 2 aromatic rings. The zero-order valence-corrected chi connectivity index (χ0v) is 14.6. The number of nitrogens with one attached hydrogen (secondary N) is 1. The van der Waals surface area contributed by atoms with Crippen molar-refractivity contribution in [1.82, 2.24) is 4.72 Å². The van der Waals surface area contributed by atoms with E-state index < -0.39 is 15.8 Å². The van der Waals surface area contributed by atoms with E-state index in [4.69, 9.17) is 0 Å². The number of hydrogen-bond donors (Lipinski definition) is 1. The highest BCUT2D eigenvalue weighted by Crippen LogP contribution is 2.15. The van der Waals surface area contributed by atoms with Crippen molar-refractivity contribution < 1.29 is 9.00 Å². The quantitative estimate of drug-likeness (QED) is 0.607. The third-order valence-corrected chi connectivity index (χ3v) is 5.38. The number of carbonyl (C=O) groups is 1. The van der Waals surface area contributed by atoms with Crippen LogP contribution in [0.15, 0.2) is 76.5 Å². The molecule has 0 aliphatic carbocycles. The standard InChI is InChI=1S/C19H22N2O2S/c1-3-4-8-15-20-24(23,18-13-11-16(2)12-14-18)21-19(22)17-9-6-5-7-10-17/h3,5-7,9-14H,1,4,8,15H2,2H3,(H,20,21,22,23). The average molecular weight is 342 g/mol. The summed E-state index contributed by atoms with van der Waals surface area (Å²) in [6.45, 7) is 6.12. The van der Waals surface area contributed by atoms with Gasteiger partial charge in [-0.3, -0.25) is 4.79 Å². The molecule has 4 nitrogen and oxygen atoms in total. The third kappa shape index (κ3) is 4.88. The van der Waals surface area contributed by atoms with Gasteiger partial charge in [-0.15, -0.1) is 10.9 Å². The van der Waals surface area contributed by atoms with Crippen LogP contribution in [0.3, 0.4) is 0 Å². The number of aryl methyl sites for hydroxylation is 1. The molecule has 0 fully saturated rings. The van der Waals surface area contributed by atoms with Crippen LogP contribution in [-0.2, 0) is 9.92 Å². The number of unbranched alkanes of at least 4 members (excludes halogenated alkanes) is 1. The lowest BCUT2D eigenvalue weighted by atomic mass is 10.2. The minimum atomic E-state index is -3.02. The van der Waals surface area contributed by atoms with Gasteiger partial charge >= 0.3 is 0 Å². The molecule has 2 rings (SSSR count). The molecule has 0 radical (unpaired) electrons. The molecular weight excluding hydrogens is 320 g/mol. The van der Waals surface area contributed by atoms with Crippen LogP contribution in [0.2, 0.25) is 0 Å². The number of nitrogens with zero attached hydrogens (tertiary/aromatic N) is 1. The minimum absolute atomic E-state index is 0.422. The van der Waals surface area contributed by atoms with Gasteiger partial charge in [-0.2, -0.15) is 0 Å². The van der Waals surface area contributed by atoms with E-state index >= 15 is 0 Å². The smallest absolute Gasteiger partial charge is 0.266 e. The van der Waals surface area contributed by atoms with Crippen molar-refractivity contribution in [3.05, 3.63) is 78.4 Å². The van der Waals surface area contributed by atoms with Crippen molar-refractivity contribution in [2.75, 3.05) is 6.54 Å². The highest BCUT2D eigenvalue weighted by molar-refractivity contribution is 7.92. The van der Waals surface area contributed by atoms with Crippen LogP contribution in [0.5, 0.6) is 0 Å². The summed E-state index contributed by atoms with van der Waals surface area (Å²) in [7, 11) is -3.02. The Bertz CT molecular complexity index is 805. The molecule has 126 valence electrons. The molecule has 2 aromatic carbocycles. The first-order valence-electron chi connectivity index (χ1n) is 7.84. The Balaban J connectivity index is 2.36. The number of amides is 1. The molecular formula is C19H22N2O2S. The zero-order chi connectivity index (χ0) is 17.4. The van der Waals surface area contributed by atoms with Gasteiger partial charge in [-0.1, -0.05) is 42.0 Å². The SMILES string of the molecule is C=CCCCNS(=O)(=NC(=O)c1ccccc1)c1ccc(C)cc1. The van der Waals surface area contributed by atoms with Crippen LogP contribution >= 0.6 is 0 Å². The average Bonchev–Trinajstić information content (AvgIpc) is 2.60. The van der Waals surface area contributed by atoms with Gasteiger partial charge in [0.1, 0.15) is 9.92 Å². The lowest BCUT2D eigenvalue weighted by Crippen LogP contribution is -2.26. The molecule has 1 amide bonds. The number of carbonyl (C=O) groups excluding carboxylic acids is 1. The largest absolute Gasteiger partial charge is 0.286 e. The van der Waals surface area contributed by atoms with Gasteiger partial charge in [-0.25, -0.2) is 8.93 Å². The summed E-state index contributed by atoms with van der Waals surface area (Å²) >= 11 is 0. The molecule has 5 heteroatoms. The molecule has 0 saturated carbocycles. The Morgan fingerprint density at radius 1 is 1.17 bits per heavy atom. The summed E-state index contributed by atoms with van der Waals surface area (Å²) in [6.07, 6.45) is 3.39. The topological polar surface area (TPSA) is 58.5 Å². The second-order valence-electron chi connectivity index (χ2n) is 5.43. The van der Waals surface area contributed by atoms with Crippen molar-refractivity contribution in [3.63, 3.8) is 0 Å². The molecule has 0 spiro atoms. The number of hydrogen-bond acceptors (Lipinski definition) is 2. The molecule has 0 aliphatic rings. The van der Waals surface area contributed by atoms with Gasteiger partial charge in [0.2, 0.25) is 0 Å². The van der Waals surface area contributed by atoms with Crippen molar-refractivity contribution in [1.29, 1.82) is 0 Å². The Morgan fingerprint density at radius 2 is 1.83 bits per heavy atom. The Hall–Kier alpha value is -2.24. The Kier molecular flexibility index (Phi) is 6.46. The fourth-order valence-electron chi connectivity index (χ4n) is 2.10. The molecule has 0 heterocycles. The molecule has 24 heavy (non-hydrogen) atoms. The molecule has 1 unspecified atom stereocenters. The second kappa shape index (κ2) is 8.57. The Labute approximate surface area is 143 Å². The first-order chi connectivity index (χ1) is 11.5. The highest BCUT2D eigenvalue weighted by atomic mass is 32.2. The number of benzene rings is 2. The summed E-state index contributed by atoms with van der Waals surface area (Å²) in [5.74, 6) is -0.489. The molecule has 0 bridgehead atoms. The van der Waals surface area contributed by atoms with Crippen LogP contribution in [0, 0.1) is 6.92 Å². The van der Waals surface area contributed by atoms with E-state index in [2.05, 4.69) is 15.7 Å². The summed E-state index contributed by atoms with van der Waals surface area (Å²) in [5.41, 5.74) is 1.48. The van der Waals surface area contributed by atoms with E-state index in [9.17, 15) is 9.00 Å². The van der Waals surface area contributed by atoms with Gasteiger partial charge in [-0.05, 0) is 44.0 Å². The normalized spacial score (nSPS) is 13.0. The maximum absolute atomic E-state index is 13.3. The fourth-order valence-corrected chi connectivity index (χ4v) is 3.70. The summed E-state index contributed by atoms with van der Waals surface area (Å²) in [5, 5.41) is 0. The lowest BCUT2D eigenvalue weighted by molar-refractivity contribution is 0.100. The Morgan fingerprint density at radius 3 is 2.46 bits per heavy atom. The number of allylic oxidation sites excluding steroid dienone is 1. The molecule has 0 aliphatic heterocycles. The van der Waals surface area contributed by atoms with E-state index in [1.165, 1.54) is 0 Å².